The highest BCUT2D eigenvalue weighted by molar-refractivity contribution is 6.34. The Balaban J connectivity index is 0.000000755. The van der Waals surface area contributed by atoms with Crippen molar-refractivity contribution in [3.63, 3.8) is 0 Å². The minimum atomic E-state index is -5.08. The number of alkyl halides is 6. The van der Waals surface area contributed by atoms with E-state index in [9.17, 15) is 40.7 Å². The van der Waals surface area contributed by atoms with Gasteiger partial charge in [0.25, 0.3) is 11.8 Å². The first-order valence-electron chi connectivity index (χ1n) is 15.1. The van der Waals surface area contributed by atoms with Crippen LogP contribution in [0, 0.1) is 17.2 Å². The normalized spacial score (nSPS) is 19.9. The van der Waals surface area contributed by atoms with Crippen molar-refractivity contribution in [3.05, 3.63) is 52.7 Å². The van der Waals surface area contributed by atoms with Crippen LogP contribution in [0.25, 0.3) is 11.3 Å². The Kier molecular flexibility index (Phi) is 11.7. The first-order chi connectivity index (χ1) is 23.8. The molecule has 2 saturated carbocycles. The number of hydrogen-bond donors (Lipinski definition) is 5. The number of amides is 3. The van der Waals surface area contributed by atoms with E-state index in [1.807, 2.05) is 0 Å². The maximum Gasteiger partial charge on any atom is 0.490 e. The third kappa shape index (κ3) is 9.55. The molecule has 0 spiro atoms. The molecular weight excluding hydrogens is 716 g/mol. The zero-order chi connectivity index (χ0) is 37.8. The average Bonchev–Trinajstić information content (AvgIpc) is 3.74. The quantitative estimate of drug-likeness (QED) is 0.212. The number of aromatic nitrogens is 4. The molecule has 2 heterocycles. The van der Waals surface area contributed by atoms with Crippen LogP contribution in [0.3, 0.4) is 0 Å². The number of imidazole rings is 1. The molecule has 3 amide bonds. The minimum Gasteiger partial charge on any atom is -0.475 e. The largest absolute Gasteiger partial charge is 0.490 e. The van der Waals surface area contributed by atoms with Crippen LogP contribution >= 0.6 is 11.6 Å². The fourth-order valence-electron chi connectivity index (χ4n) is 5.50. The van der Waals surface area contributed by atoms with Gasteiger partial charge in [-0.3, -0.25) is 19.1 Å². The summed E-state index contributed by atoms with van der Waals surface area (Å²) >= 11 is 6.35. The molecule has 2 aromatic heterocycles. The molecule has 0 aliphatic heterocycles. The van der Waals surface area contributed by atoms with Gasteiger partial charge in [-0.25, -0.2) is 9.78 Å². The SMILES string of the molecule is Cn1c(-c2cn(CC#N)nc2C(F)(F)F)cnc1C(=O)Nc1ccc(C(=O)NC2CC(NC(=O)[C@H]3CC[C@@H](N)C3)C2)c(Cl)c1.O=C(O)C(F)(F)F. The molecule has 5 rings (SSSR count). The van der Waals surface area contributed by atoms with Crippen LogP contribution in [-0.2, 0) is 29.4 Å². The number of nitrogens with zero attached hydrogens (tertiary/aromatic N) is 5. The maximum atomic E-state index is 13.6. The topological polar surface area (TPSA) is 210 Å². The second kappa shape index (κ2) is 15.4. The summed E-state index contributed by atoms with van der Waals surface area (Å²) < 4.78 is 74.6. The fourth-order valence-corrected chi connectivity index (χ4v) is 5.76. The summed E-state index contributed by atoms with van der Waals surface area (Å²) in [5, 5.41) is 28.0. The van der Waals surface area contributed by atoms with Gasteiger partial charge < -0.3 is 31.4 Å². The Bertz CT molecular complexity index is 1850. The molecule has 3 aromatic rings. The van der Waals surface area contributed by atoms with Gasteiger partial charge in [-0.05, 0) is 50.3 Å². The lowest BCUT2D eigenvalue weighted by molar-refractivity contribution is -0.192. The number of anilines is 1. The molecule has 51 heavy (non-hydrogen) atoms. The van der Waals surface area contributed by atoms with Crippen LogP contribution in [-0.4, -0.2) is 72.4 Å². The van der Waals surface area contributed by atoms with Gasteiger partial charge in [0.05, 0.1) is 34.1 Å². The van der Waals surface area contributed by atoms with Crippen LogP contribution in [0.5, 0.6) is 0 Å². The number of nitriles is 1. The molecule has 0 radical (unpaired) electrons. The molecule has 2 aliphatic rings. The molecule has 21 heteroatoms. The Hall–Kier alpha value is -5.16. The predicted molar refractivity (Wildman–Crippen MR) is 166 cm³/mol. The van der Waals surface area contributed by atoms with Gasteiger partial charge in [-0.15, -0.1) is 0 Å². The average molecular weight is 746 g/mol. The van der Waals surface area contributed by atoms with Gasteiger partial charge in [0, 0.05) is 43.0 Å². The molecule has 0 bridgehead atoms. The zero-order valence-electron chi connectivity index (χ0n) is 26.5. The van der Waals surface area contributed by atoms with E-state index in [1.165, 1.54) is 29.8 Å². The second-order valence-electron chi connectivity index (χ2n) is 11.8. The van der Waals surface area contributed by atoms with Crippen LogP contribution in [0.4, 0.5) is 32.0 Å². The summed E-state index contributed by atoms with van der Waals surface area (Å²) in [7, 11) is 1.38. The fraction of sp³-hybridized carbons (Fsp3) is 0.433. The smallest absolute Gasteiger partial charge is 0.475 e. The number of carbonyl (C=O) groups excluding carboxylic acids is 3. The van der Waals surface area contributed by atoms with E-state index in [1.54, 1.807) is 6.07 Å². The molecule has 274 valence electrons. The standard InChI is InChI=1S/C28H29ClF3N9O3.C2HF3O2/c1-40-22(20-13-41(7-6-33)39-23(20)28(30,31)32)12-35-24(40)27(44)36-16-4-5-19(21(29)11-16)26(43)38-18-9-17(10-18)37-25(42)14-2-3-15(34)8-14;3-2(4,5)1(6)7/h4-5,11-15,17-18H,2-3,7-10,34H2,1H3,(H,36,44)(H,37,42)(H,38,43);(H,6,7)/t14-,15+,17?,18?;/m0./s1. The first kappa shape index (κ1) is 38.6. The number of nitrogens with one attached hydrogen (secondary N) is 3. The molecular formula is C30H30ClF6N9O5. The van der Waals surface area contributed by atoms with Crippen molar-refractivity contribution in [2.24, 2.45) is 18.7 Å². The Morgan fingerprint density at radius 2 is 1.71 bits per heavy atom. The van der Waals surface area contributed by atoms with E-state index in [-0.39, 0.29) is 63.3 Å². The van der Waals surface area contributed by atoms with Gasteiger partial charge in [-0.1, -0.05) is 11.6 Å². The van der Waals surface area contributed by atoms with Gasteiger partial charge >= 0.3 is 18.3 Å². The highest BCUT2D eigenvalue weighted by Gasteiger charge is 2.39. The summed E-state index contributed by atoms with van der Waals surface area (Å²) in [5.74, 6) is -4.14. The van der Waals surface area contributed by atoms with E-state index in [2.05, 4.69) is 26.0 Å². The number of rotatable bonds is 8. The van der Waals surface area contributed by atoms with Crippen LogP contribution in [0.15, 0.2) is 30.6 Å². The second-order valence-corrected chi connectivity index (χ2v) is 12.2. The molecule has 14 nitrogen and oxygen atoms in total. The number of benzene rings is 1. The molecule has 2 atom stereocenters. The Morgan fingerprint density at radius 3 is 2.25 bits per heavy atom. The number of aliphatic carboxylic acids is 1. The van der Waals surface area contributed by atoms with Gasteiger partial charge in [0.1, 0.15) is 6.54 Å². The number of halogens is 7. The first-order valence-corrected chi connectivity index (χ1v) is 15.5. The molecule has 2 fully saturated rings. The number of nitrogens with two attached hydrogens (primary N) is 1. The van der Waals surface area contributed by atoms with Crippen molar-refractivity contribution in [3.8, 4) is 17.3 Å². The molecule has 0 saturated heterocycles. The third-order valence-electron chi connectivity index (χ3n) is 8.11. The van der Waals surface area contributed by atoms with E-state index in [4.69, 9.17) is 32.5 Å². The summed E-state index contributed by atoms with van der Waals surface area (Å²) in [6, 6.07) is 5.94. The van der Waals surface area contributed by atoms with E-state index < -0.39 is 42.4 Å². The van der Waals surface area contributed by atoms with E-state index in [0.29, 0.717) is 19.3 Å². The lowest BCUT2D eigenvalue weighted by Gasteiger charge is -2.37. The van der Waals surface area contributed by atoms with Crippen molar-refractivity contribution in [2.45, 2.75) is 69.1 Å². The zero-order valence-corrected chi connectivity index (χ0v) is 27.2. The molecule has 0 unspecified atom stereocenters. The predicted octanol–water partition coefficient (Wildman–Crippen LogP) is 3.87. The number of carboxylic acids is 1. The van der Waals surface area contributed by atoms with Gasteiger partial charge in [0.2, 0.25) is 5.91 Å². The molecule has 1 aromatic carbocycles. The lowest BCUT2D eigenvalue weighted by Crippen LogP contribution is -2.54. The third-order valence-corrected chi connectivity index (χ3v) is 8.42. The van der Waals surface area contributed by atoms with Crippen LogP contribution in [0.1, 0.15) is 58.8 Å². The Labute approximate surface area is 289 Å². The number of carboxylic acid groups (broad SMARTS) is 1. The number of hydrogen-bond acceptors (Lipinski definition) is 8. The highest BCUT2D eigenvalue weighted by atomic mass is 35.5. The van der Waals surface area contributed by atoms with Gasteiger partial charge in [-0.2, -0.15) is 36.7 Å². The Morgan fingerprint density at radius 1 is 1.06 bits per heavy atom. The lowest BCUT2D eigenvalue weighted by atomic mass is 9.86. The van der Waals surface area contributed by atoms with Crippen molar-refractivity contribution < 1.29 is 50.6 Å². The summed E-state index contributed by atoms with van der Waals surface area (Å²) in [6.07, 6.45) is -4.19. The van der Waals surface area contributed by atoms with Crippen molar-refractivity contribution in [2.75, 3.05) is 5.32 Å². The summed E-state index contributed by atoms with van der Waals surface area (Å²) in [5.41, 5.74) is 4.74. The van der Waals surface area contributed by atoms with Crippen LogP contribution < -0.4 is 21.7 Å². The van der Waals surface area contributed by atoms with Crippen molar-refractivity contribution in [1.29, 1.82) is 5.26 Å². The summed E-state index contributed by atoms with van der Waals surface area (Å²) in [6.45, 7) is -0.390. The summed E-state index contributed by atoms with van der Waals surface area (Å²) in [4.78, 5) is 51.0. The number of carbonyl (C=O) groups is 4. The highest BCUT2D eigenvalue weighted by Crippen LogP contribution is 2.36. The van der Waals surface area contributed by atoms with Crippen molar-refractivity contribution >= 4 is 41.0 Å². The minimum absolute atomic E-state index is 0.00736. The van der Waals surface area contributed by atoms with E-state index in [0.717, 1.165) is 29.9 Å². The van der Waals surface area contributed by atoms with E-state index >= 15 is 0 Å². The molecule has 2 aliphatic carbocycles. The van der Waals surface area contributed by atoms with Gasteiger partial charge in [0.15, 0.2) is 11.5 Å². The van der Waals surface area contributed by atoms with Crippen molar-refractivity contribution in [1.82, 2.24) is 30.0 Å². The monoisotopic (exact) mass is 745 g/mol. The molecule has 6 N–H and O–H groups in total. The maximum absolute atomic E-state index is 13.6. The van der Waals surface area contributed by atoms with Crippen LogP contribution in [0.2, 0.25) is 5.02 Å².